The monoisotopic (exact) mass is 396 g/mol. The number of nitrogens with zero attached hydrogens (tertiary/aromatic N) is 2. The van der Waals surface area contributed by atoms with E-state index in [1.165, 1.54) is 10.5 Å². The number of carbonyl (C=O) groups excluding carboxylic acids is 2. The Balaban J connectivity index is 1.66. The lowest BCUT2D eigenvalue weighted by atomic mass is 9.99. The van der Waals surface area contributed by atoms with E-state index in [9.17, 15) is 9.59 Å². The van der Waals surface area contributed by atoms with Crippen molar-refractivity contribution in [1.29, 1.82) is 0 Å². The van der Waals surface area contributed by atoms with Crippen molar-refractivity contribution in [3.05, 3.63) is 65.7 Å². The van der Waals surface area contributed by atoms with Gasteiger partial charge < -0.3 is 9.80 Å². The molecule has 2 aromatic carbocycles. The summed E-state index contributed by atoms with van der Waals surface area (Å²) in [7, 11) is 0. The van der Waals surface area contributed by atoms with E-state index in [0.717, 1.165) is 5.56 Å². The molecule has 3 rings (SSSR count). The maximum atomic E-state index is 13.0. The molecule has 0 bridgehead atoms. The van der Waals surface area contributed by atoms with E-state index in [1.54, 1.807) is 16.7 Å². The van der Waals surface area contributed by atoms with Crippen molar-refractivity contribution in [2.24, 2.45) is 0 Å². The standard InChI is InChI=1S/C23H28N2O2S/c1-17(2)25(14-18-8-7-11-21(12-18)28-3)23(27)16-24-15-20(13-22(24)26)19-9-5-4-6-10-19/h4-12,17,20H,13-16H2,1-3H3. The fourth-order valence-corrected chi connectivity index (χ4v) is 4.14. The molecular formula is C23H28N2O2S. The summed E-state index contributed by atoms with van der Waals surface area (Å²) in [6, 6.07) is 18.4. The minimum absolute atomic E-state index is 0.00613. The first kappa shape index (κ1) is 20.5. The Morgan fingerprint density at radius 3 is 2.61 bits per heavy atom. The van der Waals surface area contributed by atoms with Gasteiger partial charge in [0.05, 0.1) is 6.54 Å². The number of hydrogen-bond acceptors (Lipinski definition) is 3. The summed E-state index contributed by atoms with van der Waals surface area (Å²) < 4.78 is 0. The molecule has 1 atom stereocenters. The highest BCUT2D eigenvalue weighted by atomic mass is 32.2. The summed E-state index contributed by atoms with van der Waals surface area (Å²) >= 11 is 1.70. The van der Waals surface area contributed by atoms with E-state index >= 15 is 0 Å². The molecule has 4 nitrogen and oxygen atoms in total. The largest absolute Gasteiger partial charge is 0.334 e. The van der Waals surface area contributed by atoms with Crippen LogP contribution in [0.4, 0.5) is 0 Å². The zero-order chi connectivity index (χ0) is 20.1. The highest BCUT2D eigenvalue weighted by molar-refractivity contribution is 7.98. The Labute approximate surface area is 171 Å². The molecule has 0 aromatic heterocycles. The van der Waals surface area contributed by atoms with Gasteiger partial charge in [0.15, 0.2) is 0 Å². The molecule has 148 valence electrons. The SMILES string of the molecule is CSc1cccc(CN(C(=O)CN2CC(c3ccccc3)CC2=O)C(C)C)c1. The molecule has 0 aliphatic carbocycles. The Hall–Kier alpha value is -2.27. The molecule has 28 heavy (non-hydrogen) atoms. The average molecular weight is 397 g/mol. The Bertz CT molecular complexity index is 822. The van der Waals surface area contributed by atoms with Crippen LogP contribution in [-0.4, -0.2) is 47.0 Å². The van der Waals surface area contributed by atoms with E-state index in [0.29, 0.717) is 19.5 Å². The summed E-state index contributed by atoms with van der Waals surface area (Å²) in [5.41, 5.74) is 2.28. The Kier molecular flexibility index (Phi) is 6.79. The first-order valence-corrected chi connectivity index (χ1v) is 11.0. The molecule has 1 unspecified atom stereocenters. The van der Waals surface area contributed by atoms with Crippen LogP contribution >= 0.6 is 11.8 Å². The van der Waals surface area contributed by atoms with Crippen molar-refractivity contribution in [2.45, 2.75) is 43.7 Å². The average Bonchev–Trinajstić information content (AvgIpc) is 3.07. The third kappa shape index (κ3) is 4.96. The van der Waals surface area contributed by atoms with Crippen molar-refractivity contribution in [3.63, 3.8) is 0 Å². The number of carbonyl (C=O) groups is 2. The maximum Gasteiger partial charge on any atom is 0.242 e. The zero-order valence-electron chi connectivity index (χ0n) is 16.8. The second-order valence-electron chi connectivity index (χ2n) is 7.55. The molecular weight excluding hydrogens is 368 g/mol. The van der Waals surface area contributed by atoms with Crippen LogP contribution in [0.5, 0.6) is 0 Å². The summed E-state index contributed by atoms with van der Waals surface area (Å²) in [6.07, 6.45) is 2.53. The highest BCUT2D eigenvalue weighted by Crippen LogP contribution is 2.28. The van der Waals surface area contributed by atoms with E-state index in [1.807, 2.05) is 49.3 Å². The molecule has 1 fully saturated rings. The predicted octanol–water partition coefficient (Wildman–Crippen LogP) is 4.16. The van der Waals surface area contributed by atoms with Gasteiger partial charge in [-0.3, -0.25) is 9.59 Å². The van der Waals surface area contributed by atoms with Crippen LogP contribution < -0.4 is 0 Å². The van der Waals surface area contributed by atoms with Crippen LogP contribution in [0.25, 0.3) is 0 Å². The van der Waals surface area contributed by atoms with E-state index < -0.39 is 0 Å². The number of benzene rings is 2. The molecule has 1 saturated heterocycles. The van der Waals surface area contributed by atoms with E-state index in [4.69, 9.17) is 0 Å². The maximum absolute atomic E-state index is 13.0. The Morgan fingerprint density at radius 2 is 1.93 bits per heavy atom. The lowest BCUT2D eigenvalue weighted by Gasteiger charge is -2.29. The van der Waals surface area contributed by atoms with Crippen LogP contribution in [0.3, 0.4) is 0 Å². The van der Waals surface area contributed by atoms with Gasteiger partial charge in [-0.25, -0.2) is 0 Å². The summed E-state index contributed by atoms with van der Waals surface area (Å²) in [5, 5.41) is 0. The van der Waals surface area contributed by atoms with Crippen molar-refractivity contribution in [2.75, 3.05) is 19.3 Å². The van der Waals surface area contributed by atoms with Gasteiger partial charge in [-0.15, -0.1) is 11.8 Å². The van der Waals surface area contributed by atoms with Crippen LogP contribution in [0.1, 0.15) is 37.3 Å². The fraction of sp³-hybridized carbons (Fsp3) is 0.391. The van der Waals surface area contributed by atoms with Gasteiger partial charge in [-0.1, -0.05) is 42.5 Å². The second kappa shape index (κ2) is 9.28. The molecule has 1 aliphatic rings. The molecule has 2 aromatic rings. The molecule has 2 amide bonds. The number of thioether (sulfide) groups is 1. The molecule has 1 heterocycles. The van der Waals surface area contributed by atoms with Gasteiger partial charge >= 0.3 is 0 Å². The highest BCUT2D eigenvalue weighted by Gasteiger charge is 2.33. The predicted molar refractivity (Wildman–Crippen MR) is 114 cm³/mol. The topological polar surface area (TPSA) is 40.6 Å². The first-order valence-electron chi connectivity index (χ1n) is 9.73. The summed E-state index contributed by atoms with van der Waals surface area (Å²) in [5.74, 6) is 0.245. The lowest BCUT2D eigenvalue weighted by Crippen LogP contribution is -2.43. The molecule has 0 radical (unpaired) electrons. The number of hydrogen-bond donors (Lipinski definition) is 0. The minimum Gasteiger partial charge on any atom is -0.334 e. The molecule has 0 spiro atoms. The number of amides is 2. The molecule has 1 aliphatic heterocycles. The molecule has 0 saturated carbocycles. The summed E-state index contributed by atoms with van der Waals surface area (Å²) in [4.78, 5) is 30.3. The van der Waals surface area contributed by atoms with Crippen LogP contribution in [0.2, 0.25) is 0 Å². The first-order chi connectivity index (χ1) is 13.5. The van der Waals surface area contributed by atoms with Gasteiger partial charge in [-0.05, 0) is 43.4 Å². The van der Waals surface area contributed by atoms with Crippen molar-refractivity contribution in [3.8, 4) is 0 Å². The molecule has 5 heteroatoms. The quantitative estimate of drug-likeness (QED) is 0.660. The van der Waals surface area contributed by atoms with Crippen molar-refractivity contribution >= 4 is 23.6 Å². The van der Waals surface area contributed by atoms with Crippen LogP contribution in [0, 0.1) is 0 Å². The van der Waals surface area contributed by atoms with Gasteiger partial charge in [-0.2, -0.15) is 0 Å². The van der Waals surface area contributed by atoms with Gasteiger partial charge in [0.1, 0.15) is 0 Å². The Morgan fingerprint density at radius 1 is 1.18 bits per heavy atom. The smallest absolute Gasteiger partial charge is 0.242 e. The van der Waals surface area contributed by atoms with E-state index in [-0.39, 0.29) is 30.3 Å². The number of likely N-dealkylation sites (tertiary alicyclic amines) is 1. The fourth-order valence-electron chi connectivity index (χ4n) is 3.65. The summed E-state index contributed by atoms with van der Waals surface area (Å²) in [6.45, 7) is 5.38. The van der Waals surface area contributed by atoms with Gasteiger partial charge in [0.2, 0.25) is 11.8 Å². The lowest BCUT2D eigenvalue weighted by molar-refractivity contribution is -0.140. The number of rotatable bonds is 7. The third-order valence-corrected chi connectivity index (χ3v) is 5.97. The van der Waals surface area contributed by atoms with E-state index in [2.05, 4.69) is 30.3 Å². The van der Waals surface area contributed by atoms with Gasteiger partial charge in [0.25, 0.3) is 0 Å². The molecule has 0 N–H and O–H groups in total. The second-order valence-corrected chi connectivity index (χ2v) is 8.43. The normalized spacial score (nSPS) is 16.6. The van der Waals surface area contributed by atoms with Crippen molar-refractivity contribution < 1.29 is 9.59 Å². The minimum atomic E-state index is 0.00613. The van der Waals surface area contributed by atoms with Crippen molar-refractivity contribution in [1.82, 2.24) is 9.80 Å². The van der Waals surface area contributed by atoms with Crippen LogP contribution in [0.15, 0.2) is 59.5 Å². The van der Waals surface area contributed by atoms with Crippen LogP contribution in [-0.2, 0) is 16.1 Å². The zero-order valence-corrected chi connectivity index (χ0v) is 17.6. The third-order valence-electron chi connectivity index (χ3n) is 5.24. The van der Waals surface area contributed by atoms with Gasteiger partial charge in [0, 0.05) is 36.4 Å².